The zero-order valence-corrected chi connectivity index (χ0v) is 41.9. The van der Waals surface area contributed by atoms with E-state index in [1.807, 2.05) is 0 Å². The predicted molar refractivity (Wildman–Crippen MR) is 270 cm³/mol. The van der Waals surface area contributed by atoms with Crippen LogP contribution in [0.25, 0.3) is 0 Å². The van der Waals surface area contributed by atoms with Gasteiger partial charge in [-0.15, -0.1) is 0 Å². The molecule has 0 aliphatic heterocycles. The minimum absolute atomic E-state index is 0.0808. The molecule has 0 saturated heterocycles. The molecule has 1 atom stereocenters. The largest absolute Gasteiger partial charge is 0.462 e. The van der Waals surface area contributed by atoms with Crippen LogP contribution < -0.4 is 0 Å². The molecule has 0 radical (unpaired) electrons. The number of unbranched alkanes of at least 4 members (excludes halogenated alkanes) is 34. The number of rotatable bonds is 51. The van der Waals surface area contributed by atoms with E-state index in [1.165, 1.54) is 193 Å². The summed E-state index contributed by atoms with van der Waals surface area (Å²) in [6.07, 6.45) is 64.4. The third kappa shape index (κ3) is 50.8. The van der Waals surface area contributed by atoms with E-state index in [0.29, 0.717) is 19.4 Å². The quantitative estimate of drug-likeness (QED) is 0.0346. The average molecular weight is 871 g/mol. The maximum absolute atomic E-state index is 12.8. The van der Waals surface area contributed by atoms with Crippen molar-refractivity contribution in [1.82, 2.24) is 0 Å². The van der Waals surface area contributed by atoms with Crippen molar-refractivity contribution in [3.63, 3.8) is 0 Å². The summed E-state index contributed by atoms with van der Waals surface area (Å²) in [4.78, 5) is 25.4. The van der Waals surface area contributed by atoms with Crippen LogP contribution in [0.15, 0.2) is 36.5 Å². The Morgan fingerprint density at radius 1 is 0.339 bits per heavy atom. The van der Waals surface area contributed by atoms with Crippen LogP contribution in [0, 0.1) is 0 Å². The molecular weight excluding hydrogens is 765 g/mol. The zero-order chi connectivity index (χ0) is 44.9. The Morgan fingerprint density at radius 3 is 1.00 bits per heavy atom. The normalized spacial score (nSPS) is 12.4. The van der Waals surface area contributed by atoms with Crippen LogP contribution in [0.1, 0.15) is 290 Å². The monoisotopic (exact) mass is 871 g/mol. The van der Waals surface area contributed by atoms with Crippen LogP contribution >= 0.6 is 0 Å². The van der Waals surface area contributed by atoms with Crippen molar-refractivity contribution in [2.45, 2.75) is 297 Å². The fourth-order valence-corrected chi connectivity index (χ4v) is 7.97. The summed E-state index contributed by atoms with van der Waals surface area (Å²) in [6.45, 7) is 7.82. The maximum atomic E-state index is 12.8. The molecule has 5 heteroatoms. The Kier molecular flexibility index (Phi) is 51.8. The summed E-state index contributed by atoms with van der Waals surface area (Å²) in [5.41, 5.74) is 0. The minimum Gasteiger partial charge on any atom is -0.462 e. The topological polar surface area (TPSA) is 61.8 Å². The number of hydrogen-bond acceptors (Lipinski definition) is 5. The van der Waals surface area contributed by atoms with Crippen molar-refractivity contribution in [1.29, 1.82) is 0 Å². The van der Waals surface area contributed by atoms with E-state index in [2.05, 4.69) is 57.2 Å². The second kappa shape index (κ2) is 53.5. The molecule has 0 aromatic carbocycles. The van der Waals surface area contributed by atoms with Crippen molar-refractivity contribution in [2.24, 2.45) is 0 Å². The number of ether oxygens (including phenoxy) is 3. The van der Waals surface area contributed by atoms with Crippen LogP contribution in [0.3, 0.4) is 0 Å². The van der Waals surface area contributed by atoms with E-state index in [-0.39, 0.29) is 25.2 Å². The van der Waals surface area contributed by atoms with Crippen molar-refractivity contribution >= 4 is 11.9 Å². The Labute approximate surface area is 387 Å². The van der Waals surface area contributed by atoms with Gasteiger partial charge in [0, 0.05) is 19.4 Å². The van der Waals surface area contributed by atoms with Crippen molar-refractivity contribution in [3.05, 3.63) is 36.5 Å². The Morgan fingerprint density at radius 2 is 0.629 bits per heavy atom. The molecular formula is C57H106O5. The molecule has 364 valence electrons. The first-order valence-electron chi connectivity index (χ1n) is 27.5. The Hall–Kier alpha value is -1.88. The fraction of sp³-hybridized carbons (Fsp3) is 0.860. The molecule has 0 fully saturated rings. The second-order valence-electron chi connectivity index (χ2n) is 18.5. The average Bonchev–Trinajstić information content (AvgIpc) is 3.27. The minimum atomic E-state index is -0.541. The number of carbonyl (C=O) groups is 2. The van der Waals surface area contributed by atoms with Gasteiger partial charge in [-0.05, 0) is 96.3 Å². The standard InChI is InChI=1S/C57H106O5/c1-4-7-10-13-16-19-22-25-26-27-28-29-30-31-34-37-40-43-46-49-52-60-53-55(62-57(59)51-48-45-42-39-36-33-24-21-18-15-12-9-6-3)54-61-56(58)50-47-44-41-38-35-32-23-20-17-14-11-8-5-2/h20-21,23-26,55H,4-19,22,27-54H2,1-3H3/b23-20-,24-21-,26-25-. The number of esters is 2. The van der Waals surface area contributed by atoms with Crippen LogP contribution in [-0.4, -0.2) is 37.9 Å². The first-order chi connectivity index (χ1) is 30.6. The lowest BCUT2D eigenvalue weighted by Gasteiger charge is -2.18. The SMILES string of the molecule is CCCCCC/C=C\CCCCCCCC(=O)OCC(COCCCCCCCCCCCC/C=C\CCCCCCCC)OC(=O)CCCCCCC/C=C\CCCCCC. The Bertz CT molecular complexity index is 986. The molecule has 1 unspecified atom stereocenters. The van der Waals surface area contributed by atoms with Gasteiger partial charge in [0.15, 0.2) is 6.10 Å². The summed E-state index contributed by atoms with van der Waals surface area (Å²) in [7, 11) is 0. The third-order valence-corrected chi connectivity index (χ3v) is 12.1. The highest BCUT2D eigenvalue weighted by atomic mass is 16.6. The number of allylic oxidation sites excluding steroid dienone is 6. The van der Waals surface area contributed by atoms with Crippen LogP contribution in [0.2, 0.25) is 0 Å². The van der Waals surface area contributed by atoms with E-state index >= 15 is 0 Å². The van der Waals surface area contributed by atoms with Gasteiger partial charge in [0.25, 0.3) is 0 Å². The molecule has 0 bridgehead atoms. The highest BCUT2D eigenvalue weighted by Crippen LogP contribution is 2.15. The lowest BCUT2D eigenvalue weighted by atomic mass is 10.1. The van der Waals surface area contributed by atoms with Crippen molar-refractivity contribution in [3.8, 4) is 0 Å². The summed E-state index contributed by atoms with van der Waals surface area (Å²) < 4.78 is 17.4. The lowest BCUT2D eigenvalue weighted by molar-refractivity contribution is -0.163. The van der Waals surface area contributed by atoms with Gasteiger partial charge in [-0.25, -0.2) is 0 Å². The summed E-state index contributed by atoms with van der Waals surface area (Å²) in [5, 5.41) is 0. The number of carbonyl (C=O) groups excluding carboxylic acids is 2. The van der Waals surface area contributed by atoms with Gasteiger partial charge >= 0.3 is 11.9 Å². The van der Waals surface area contributed by atoms with E-state index in [0.717, 1.165) is 64.2 Å². The zero-order valence-electron chi connectivity index (χ0n) is 41.9. The van der Waals surface area contributed by atoms with Gasteiger partial charge in [0.2, 0.25) is 0 Å². The molecule has 0 rings (SSSR count). The van der Waals surface area contributed by atoms with Crippen molar-refractivity contribution < 1.29 is 23.8 Å². The third-order valence-electron chi connectivity index (χ3n) is 12.1. The maximum Gasteiger partial charge on any atom is 0.306 e. The van der Waals surface area contributed by atoms with E-state index in [1.54, 1.807) is 0 Å². The highest BCUT2D eigenvalue weighted by Gasteiger charge is 2.17. The molecule has 0 N–H and O–H groups in total. The highest BCUT2D eigenvalue weighted by molar-refractivity contribution is 5.70. The first kappa shape index (κ1) is 60.1. The van der Waals surface area contributed by atoms with Crippen LogP contribution in [0.5, 0.6) is 0 Å². The summed E-state index contributed by atoms with van der Waals surface area (Å²) >= 11 is 0. The lowest BCUT2D eigenvalue weighted by Crippen LogP contribution is -2.30. The molecule has 0 heterocycles. The smallest absolute Gasteiger partial charge is 0.306 e. The van der Waals surface area contributed by atoms with Gasteiger partial charge in [0.1, 0.15) is 6.61 Å². The number of hydrogen-bond donors (Lipinski definition) is 0. The molecule has 0 aromatic rings. The second-order valence-corrected chi connectivity index (χ2v) is 18.5. The predicted octanol–water partition coefficient (Wildman–Crippen LogP) is 18.6. The Balaban J connectivity index is 4.21. The molecule has 0 aliphatic rings. The van der Waals surface area contributed by atoms with Crippen LogP contribution in [0.4, 0.5) is 0 Å². The van der Waals surface area contributed by atoms with Gasteiger partial charge in [-0.3, -0.25) is 9.59 Å². The van der Waals surface area contributed by atoms with Gasteiger partial charge in [-0.2, -0.15) is 0 Å². The van der Waals surface area contributed by atoms with E-state index in [4.69, 9.17) is 14.2 Å². The summed E-state index contributed by atoms with van der Waals surface area (Å²) in [5.74, 6) is -0.405. The molecule has 62 heavy (non-hydrogen) atoms. The van der Waals surface area contributed by atoms with E-state index < -0.39 is 6.10 Å². The molecule has 0 spiro atoms. The molecule has 0 aromatic heterocycles. The fourth-order valence-electron chi connectivity index (χ4n) is 7.97. The first-order valence-corrected chi connectivity index (χ1v) is 27.5. The summed E-state index contributed by atoms with van der Waals surface area (Å²) in [6, 6.07) is 0. The van der Waals surface area contributed by atoms with Crippen LogP contribution in [-0.2, 0) is 23.8 Å². The van der Waals surface area contributed by atoms with E-state index in [9.17, 15) is 9.59 Å². The molecule has 5 nitrogen and oxygen atoms in total. The van der Waals surface area contributed by atoms with Crippen molar-refractivity contribution in [2.75, 3.05) is 19.8 Å². The molecule has 0 amide bonds. The van der Waals surface area contributed by atoms with Gasteiger partial charge in [0.05, 0.1) is 6.61 Å². The molecule has 0 saturated carbocycles. The van der Waals surface area contributed by atoms with Gasteiger partial charge < -0.3 is 14.2 Å². The molecule has 0 aliphatic carbocycles. The van der Waals surface area contributed by atoms with Gasteiger partial charge in [-0.1, -0.05) is 218 Å².